The molecule has 4 heteroatoms. The Balaban J connectivity index is 1.92. The van der Waals surface area contributed by atoms with Gasteiger partial charge in [-0.15, -0.1) is 0 Å². The molecule has 0 aromatic heterocycles. The highest BCUT2D eigenvalue weighted by Gasteiger charge is 2.25. The summed E-state index contributed by atoms with van der Waals surface area (Å²) in [7, 11) is 0. The van der Waals surface area contributed by atoms with Gasteiger partial charge >= 0.3 is 0 Å². The maximum Gasteiger partial charge on any atom is 0.270 e. The molecule has 3 rings (SSSR count). The number of para-hydroxylation sites is 1. The van der Waals surface area contributed by atoms with Gasteiger partial charge in [0.25, 0.3) is 5.91 Å². The van der Waals surface area contributed by atoms with Crippen LogP contribution in [0.5, 0.6) is 0 Å². The van der Waals surface area contributed by atoms with E-state index < -0.39 is 0 Å². The van der Waals surface area contributed by atoms with E-state index >= 15 is 0 Å². The molecule has 0 spiro atoms. The third-order valence-corrected chi connectivity index (χ3v) is 4.67. The first-order chi connectivity index (χ1) is 12.6. The van der Waals surface area contributed by atoms with Crippen LogP contribution in [0.2, 0.25) is 0 Å². The van der Waals surface area contributed by atoms with Crippen molar-refractivity contribution < 1.29 is 4.79 Å². The number of hydrogen-bond acceptors (Lipinski definition) is 3. The van der Waals surface area contributed by atoms with Crippen molar-refractivity contribution in [2.75, 3.05) is 22.9 Å². The number of fused-ring (bicyclic) bond motifs is 1. The molecule has 0 fully saturated rings. The molecule has 0 atom stereocenters. The van der Waals surface area contributed by atoms with Gasteiger partial charge in [0.05, 0.1) is 0 Å². The van der Waals surface area contributed by atoms with E-state index in [4.69, 9.17) is 0 Å². The van der Waals surface area contributed by atoms with E-state index in [-0.39, 0.29) is 11.5 Å². The molecule has 0 bridgehead atoms. The van der Waals surface area contributed by atoms with Crippen LogP contribution < -0.4 is 9.80 Å². The summed E-state index contributed by atoms with van der Waals surface area (Å²) < 4.78 is 0. The van der Waals surface area contributed by atoms with E-state index in [1.807, 2.05) is 55.1 Å². The fourth-order valence-corrected chi connectivity index (χ4v) is 3.33. The number of nitrogens with zero attached hydrogens (tertiary/aromatic N) is 3. The highest BCUT2D eigenvalue weighted by molar-refractivity contribution is 6.09. The molecule has 1 heterocycles. The first kappa shape index (κ1) is 17.8. The molecule has 1 aliphatic heterocycles. The first-order valence-corrected chi connectivity index (χ1v) is 8.99. The van der Waals surface area contributed by atoms with E-state index in [1.54, 1.807) is 11.1 Å². The van der Waals surface area contributed by atoms with Crippen molar-refractivity contribution >= 4 is 17.3 Å². The predicted octanol–water partition coefficient (Wildman–Crippen LogP) is 4.21. The molecule has 0 saturated heterocycles. The second-order valence-electron chi connectivity index (χ2n) is 6.47. The second-order valence-corrected chi connectivity index (χ2v) is 6.47. The van der Waals surface area contributed by atoms with Gasteiger partial charge in [-0.1, -0.05) is 30.3 Å². The minimum Gasteiger partial charge on any atom is -0.347 e. The first-order valence-electron chi connectivity index (χ1n) is 8.99. The lowest BCUT2D eigenvalue weighted by Crippen LogP contribution is -2.36. The van der Waals surface area contributed by atoms with Crippen LogP contribution in [-0.4, -0.2) is 19.0 Å². The molecular formula is C22H23N3O. The summed E-state index contributed by atoms with van der Waals surface area (Å²) in [6.07, 6.45) is 3.56. The lowest BCUT2D eigenvalue weighted by atomic mass is 10.0. The van der Waals surface area contributed by atoms with Crippen molar-refractivity contribution in [3.05, 3.63) is 71.4 Å². The van der Waals surface area contributed by atoms with Crippen LogP contribution in [0.3, 0.4) is 0 Å². The van der Waals surface area contributed by atoms with Gasteiger partial charge in [0, 0.05) is 30.7 Å². The van der Waals surface area contributed by atoms with Crippen molar-refractivity contribution in [2.24, 2.45) is 0 Å². The third kappa shape index (κ3) is 3.62. The minimum atomic E-state index is -0.231. The van der Waals surface area contributed by atoms with Gasteiger partial charge in [-0.2, -0.15) is 5.26 Å². The molecule has 0 N–H and O–H groups in total. The molecule has 4 nitrogen and oxygen atoms in total. The highest BCUT2D eigenvalue weighted by Crippen LogP contribution is 2.28. The summed E-state index contributed by atoms with van der Waals surface area (Å²) in [6, 6.07) is 18.1. The zero-order chi connectivity index (χ0) is 18.5. The van der Waals surface area contributed by atoms with Crippen LogP contribution in [0.15, 0.2) is 60.3 Å². The van der Waals surface area contributed by atoms with Crippen LogP contribution in [-0.2, 0) is 11.2 Å². The molecule has 26 heavy (non-hydrogen) atoms. The van der Waals surface area contributed by atoms with Gasteiger partial charge < -0.3 is 9.80 Å². The number of hydrogen-bond donors (Lipinski definition) is 0. The zero-order valence-electron chi connectivity index (χ0n) is 15.3. The van der Waals surface area contributed by atoms with E-state index in [2.05, 4.69) is 18.2 Å². The number of rotatable bonds is 4. The fourth-order valence-electron chi connectivity index (χ4n) is 3.33. The van der Waals surface area contributed by atoms with Crippen molar-refractivity contribution in [1.29, 1.82) is 5.26 Å². The average molecular weight is 345 g/mol. The van der Waals surface area contributed by atoms with Crippen LogP contribution in [0.1, 0.15) is 24.5 Å². The Morgan fingerprint density at radius 1 is 1.27 bits per heavy atom. The van der Waals surface area contributed by atoms with Crippen LogP contribution >= 0.6 is 0 Å². The Kier molecular flexibility index (Phi) is 5.38. The molecule has 1 amide bonds. The topological polar surface area (TPSA) is 47.3 Å². The van der Waals surface area contributed by atoms with E-state index in [0.29, 0.717) is 13.1 Å². The molecule has 132 valence electrons. The largest absolute Gasteiger partial charge is 0.347 e. The molecule has 0 saturated carbocycles. The number of carbonyl (C=O) groups is 1. The monoisotopic (exact) mass is 345 g/mol. The predicted molar refractivity (Wildman–Crippen MR) is 105 cm³/mol. The summed E-state index contributed by atoms with van der Waals surface area (Å²) in [4.78, 5) is 16.7. The molecule has 0 aliphatic carbocycles. The third-order valence-electron chi connectivity index (χ3n) is 4.67. The molecule has 1 aliphatic rings. The molecule has 2 aromatic rings. The molecule has 2 aromatic carbocycles. The minimum absolute atomic E-state index is 0.157. The number of aryl methyl sites for hydroxylation is 2. The summed E-state index contributed by atoms with van der Waals surface area (Å²) in [5.74, 6) is -0.231. The lowest BCUT2D eigenvalue weighted by molar-refractivity contribution is -0.114. The summed E-state index contributed by atoms with van der Waals surface area (Å²) in [5, 5.41) is 9.63. The Bertz CT molecular complexity index is 879. The van der Waals surface area contributed by atoms with Gasteiger partial charge in [-0.05, 0) is 56.0 Å². The van der Waals surface area contributed by atoms with Gasteiger partial charge in [0.1, 0.15) is 11.6 Å². The van der Waals surface area contributed by atoms with Gasteiger partial charge in [0.2, 0.25) is 0 Å². The van der Waals surface area contributed by atoms with Crippen LogP contribution in [0.4, 0.5) is 11.4 Å². The molecule has 0 unspecified atom stereocenters. The van der Waals surface area contributed by atoms with E-state index in [0.717, 1.165) is 35.3 Å². The number of carbonyl (C=O) groups excluding carboxylic acids is 1. The number of amides is 1. The molecule has 0 radical (unpaired) electrons. The smallest absolute Gasteiger partial charge is 0.270 e. The SMILES string of the molecule is CCN(/C=C(/C#N)C(=O)N1CCCc2ccccc21)c1cccc(C)c1. The summed E-state index contributed by atoms with van der Waals surface area (Å²) in [6.45, 7) is 5.36. The number of nitriles is 1. The van der Waals surface area contributed by atoms with Crippen molar-refractivity contribution in [2.45, 2.75) is 26.7 Å². The quantitative estimate of drug-likeness (QED) is 0.616. The maximum absolute atomic E-state index is 13.1. The Morgan fingerprint density at radius 3 is 2.81 bits per heavy atom. The zero-order valence-corrected chi connectivity index (χ0v) is 15.3. The number of benzene rings is 2. The highest BCUT2D eigenvalue weighted by atomic mass is 16.2. The second kappa shape index (κ2) is 7.88. The van der Waals surface area contributed by atoms with Gasteiger partial charge in [-0.25, -0.2) is 0 Å². The van der Waals surface area contributed by atoms with E-state index in [1.165, 1.54) is 0 Å². The lowest BCUT2D eigenvalue weighted by Gasteiger charge is -2.29. The van der Waals surface area contributed by atoms with Crippen molar-refractivity contribution in [1.82, 2.24) is 0 Å². The Hall–Kier alpha value is -3.06. The maximum atomic E-state index is 13.1. The average Bonchev–Trinajstić information content (AvgIpc) is 2.68. The van der Waals surface area contributed by atoms with Gasteiger partial charge in [-0.3, -0.25) is 4.79 Å². The molecular weight excluding hydrogens is 322 g/mol. The van der Waals surface area contributed by atoms with Crippen LogP contribution in [0.25, 0.3) is 0 Å². The van der Waals surface area contributed by atoms with Crippen molar-refractivity contribution in [3.63, 3.8) is 0 Å². The standard InChI is InChI=1S/C22H23N3O/c1-3-24(20-11-6-8-17(2)14-20)16-19(15-23)22(26)25-13-7-10-18-9-4-5-12-21(18)25/h4-6,8-9,11-12,14,16H,3,7,10,13H2,1-2H3/b19-16-. The number of anilines is 2. The Morgan fingerprint density at radius 2 is 2.08 bits per heavy atom. The van der Waals surface area contributed by atoms with Crippen LogP contribution in [0, 0.1) is 18.3 Å². The Labute approximate surface area is 155 Å². The summed E-state index contributed by atoms with van der Waals surface area (Å²) in [5.41, 5.74) is 4.36. The summed E-state index contributed by atoms with van der Waals surface area (Å²) >= 11 is 0. The van der Waals surface area contributed by atoms with Gasteiger partial charge in [0.15, 0.2) is 0 Å². The normalized spacial score (nSPS) is 13.7. The van der Waals surface area contributed by atoms with E-state index in [9.17, 15) is 10.1 Å². The fraction of sp³-hybridized carbons (Fsp3) is 0.273. The van der Waals surface area contributed by atoms with Crippen molar-refractivity contribution in [3.8, 4) is 6.07 Å².